The van der Waals surface area contributed by atoms with Crippen molar-refractivity contribution in [3.63, 3.8) is 0 Å². The quantitative estimate of drug-likeness (QED) is 0.633. The first-order valence-electron chi connectivity index (χ1n) is 6.20. The Morgan fingerprint density at radius 3 is 2.67 bits per heavy atom. The minimum absolute atomic E-state index is 0.901. The number of para-hydroxylation sites is 1. The molecule has 1 heterocycles. The second kappa shape index (κ2) is 4.18. The number of hydrogen-bond acceptors (Lipinski definition) is 2. The lowest BCUT2D eigenvalue weighted by atomic mass is 9.92. The van der Waals surface area contributed by atoms with Crippen molar-refractivity contribution in [1.29, 1.82) is 0 Å². The molecule has 0 amide bonds. The van der Waals surface area contributed by atoms with Gasteiger partial charge in [-0.05, 0) is 20.2 Å². The molecule has 90 valence electrons. The number of furan rings is 1. The highest BCUT2D eigenvalue weighted by Gasteiger charge is 2.11. The molecule has 0 aliphatic rings. The van der Waals surface area contributed by atoms with Crippen LogP contribution in [0.4, 0.5) is 0 Å². The van der Waals surface area contributed by atoms with Crippen molar-refractivity contribution in [2.24, 2.45) is 0 Å². The van der Waals surface area contributed by atoms with Crippen LogP contribution in [0.15, 0.2) is 40.8 Å². The highest BCUT2D eigenvalue weighted by Crippen LogP contribution is 2.30. The molecular weight excluding hydrogens is 221 g/mol. The van der Waals surface area contributed by atoms with Gasteiger partial charge in [0.05, 0.1) is 0 Å². The van der Waals surface area contributed by atoms with Crippen molar-refractivity contribution in [3.8, 4) is 0 Å². The largest absolute Gasteiger partial charge is 0.456 e. The number of hydrogen-bond donors (Lipinski definition) is 0. The summed E-state index contributed by atoms with van der Waals surface area (Å²) in [5.41, 5.74) is 4.53. The van der Waals surface area contributed by atoms with Crippen molar-refractivity contribution in [2.45, 2.75) is 6.54 Å². The highest BCUT2D eigenvalue weighted by atomic mass is 16.3. The zero-order valence-electron chi connectivity index (χ0n) is 11.0. The molecule has 3 aromatic rings. The fraction of sp³-hybridized carbons (Fsp3) is 0.200. The third-order valence-electron chi connectivity index (χ3n) is 3.19. The van der Waals surface area contributed by atoms with Gasteiger partial charge in [-0.15, -0.1) is 0 Å². The minimum atomic E-state index is 0.901. The molecule has 0 fully saturated rings. The van der Waals surface area contributed by atoms with Crippen LogP contribution in [0, 0.1) is 0 Å². The van der Waals surface area contributed by atoms with E-state index in [9.17, 15) is 0 Å². The fourth-order valence-corrected chi connectivity index (χ4v) is 2.52. The lowest BCUT2D eigenvalue weighted by Gasteiger charge is -2.10. The van der Waals surface area contributed by atoms with Gasteiger partial charge in [-0.2, -0.15) is 0 Å². The lowest BCUT2D eigenvalue weighted by molar-refractivity contribution is 0.402. The number of rotatable bonds is 2. The van der Waals surface area contributed by atoms with Crippen LogP contribution in [0.25, 0.3) is 21.9 Å². The van der Waals surface area contributed by atoms with Crippen LogP contribution in [0.2, 0.25) is 0 Å². The number of nitrogens with zero attached hydrogens (tertiary/aromatic N) is 1. The number of benzene rings is 2. The van der Waals surface area contributed by atoms with E-state index in [1.807, 2.05) is 12.1 Å². The lowest BCUT2D eigenvalue weighted by Crippen LogP contribution is -2.13. The topological polar surface area (TPSA) is 16.4 Å². The van der Waals surface area contributed by atoms with Crippen LogP contribution in [-0.4, -0.2) is 26.8 Å². The Hall–Kier alpha value is -1.74. The average Bonchev–Trinajstić information content (AvgIpc) is 2.67. The maximum Gasteiger partial charge on any atom is 0.139 e. The average molecular weight is 237 g/mol. The van der Waals surface area contributed by atoms with Crippen LogP contribution in [-0.2, 0) is 6.54 Å². The summed E-state index contributed by atoms with van der Waals surface area (Å²) in [6.45, 7) is 0.901. The van der Waals surface area contributed by atoms with Crippen LogP contribution in [0.3, 0.4) is 0 Å². The number of fused-ring (bicyclic) bond motifs is 3. The highest BCUT2D eigenvalue weighted by molar-refractivity contribution is 6.34. The summed E-state index contributed by atoms with van der Waals surface area (Å²) in [6, 6.07) is 12.7. The van der Waals surface area contributed by atoms with Gasteiger partial charge in [0.1, 0.15) is 19.0 Å². The van der Waals surface area contributed by atoms with Gasteiger partial charge < -0.3 is 9.32 Å². The van der Waals surface area contributed by atoms with E-state index < -0.39 is 0 Å². The second-order valence-corrected chi connectivity index (χ2v) is 5.14. The van der Waals surface area contributed by atoms with Gasteiger partial charge in [-0.1, -0.05) is 35.8 Å². The van der Waals surface area contributed by atoms with Gasteiger partial charge in [-0.3, -0.25) is 0 Å². The molecule has 3 rings (SSSR count). The monoisotopic (exact) mass is 237 g/mol. The Morgan fingerprint density at radius 2 is 1.89 bits per heavy atom. The molecule has 2 nitrogen and oxygen atoms in total. The first-order chi connectivity index (χ1) is 8.65. The second-order valence-electron chi connectivity index (χ2n) is 5.14. The molecule has 0 aliphatic heterocycles. The van der Waals surface area contributed by atoms with Crippen LogP contribution >= 0.6 is 0 Å². The first kappa shape index (κ1) is 11.4. The summed E-state index contributed by atoms with van der Waals surface area (Å²) < 4.78 is 6.01. The van der Waals surface area contributed by atoms with Crippen molar-refractivity contribution in [2.75, 3.05) is 14.1 Å². The van der Waals surface area contributed by atoms with Gasteiger partial charge in [-0.25, -0.2) is 0 Å². The predicted octanol–water partition coefficient (Wildman–Crippen LogP) is 1.91. The maximum absolute atomic E-state index is 6.01. The minimum Gasteiger partial charge on any atom is -0.456 e. The maximum atomic E-state index is 6.01. The Kier molecular flexibility index (Phi) is 2.64. The molecule has 0 unspecified atom stereocenters. The summed E-state index contributed by atoms with van der Waals surface area (Å²) in [4.78, 5) is 2.17. The van der Waals surface area contributed by atoms with Gasteiger partial charge >= 0.3 is 0 Å². The van der Waals surface area contributed by atoms with E-state index in [-0.39, 0.29) is 0 Å². The summed E-state index contributed by atoms with van der Waals surface area (Å²) >= 11 is 0. The van der Waals surface area contributed by atoms with Crippen LogP contribution in [0.1, 0.15) is 5.56 Å². The SMILES string of the molecule is Bc1cc(CN(C)C)c2oc3ccccc3c2c1. The van der Waals surface area contributed by atoms with Gasteiger partial charge in [0.15, 0.2) is 0 Å². The predicted molar refractivity (Wildman–Crippen MR) is 79.3 cm³/mol. The Balaban J connectivity index is 2.36. The Bertz CT molecular complexity index is 715. The van der Waals surface area contributed by atoms with E-state index in [4.69, 9.17) is 4.42 Å². The Labute approximate surface area is 108 Å². The molecule has 0 N–H and O–H groups in total. The third kappa shape index (κ3) is 1.81. The van der Waals surface area contributed by atoms with Crippen molar-refractivity contribution >= 4 is 35.2 Å². The van der Waals surface area contributed by atoms with Gasteiger partial charge in [0.25, 0.3) is 0 Å². The zero-order chi connectivity index (χ0) is 12.7. The van der Waals surface area contributed by atoms with Crippen LogP contribution in [0.5, 0.6) is 0 Å². The summed E-state index contributed by atoms with van der Waals surface area (Å²) in [5.74, 6) is 0. The van der Waals surface area contributed by atoms with Gasteiger partial charge in [0, 0.05) is 22.9 Å². The Morgan fingerprint density at radius 1 is 1.11 bits per heavy atom. The molecule has 0 aliphatic carbocycles. The molecule has 0 radical (unpaired) electrons. The summed E-state index contributed by atoms with van der Waals surface area (Å²) in [6.07, 6.45) is 0. The molecule has 0 atom stereocenters. The summed E-state index contributed by atoms with van der Waals surface area (Å²) in [5, 5.41) is 2.43. The van der Waals surface area contributed by atoms with Gasteiger partial charge in [0.2, 0.25) is 0 Å². The first-order valence-corrected chi connectivity index (χ1v) is 6.20. The fourth-order valence-electron chi connectivity index (χ4n) is 2.52. The van der Waals surface area contributed by atoms with E-state index in [1.54, 1.807) is 0 Å². The molecule has 18 heavy (non-hydrogen) atoms. The van der Waals surface area contributed by atoms with Crippen LogP contribution < -0.4 is 5.46 Å². The van der Waals surface area contributed by atoms with Crippen molar-refractivity contribution in [3.05, 3.63) is 42.0 Å². The van der Waals surface area contributed by atoms with Crippen molar-refractivity contribution in [1.82, 2.24) is 4.90 Å². The molecular formula is C15H16BNO. The molecule has 0 bridgehead atoms. The molecule has 1 aromatic heterocycles. The van der Waals surface area contributed by atoms with E-state index >= 15 is 0 Å². The van der Waals surface area contributed by atoms with E-state index in [1.165, 1.54) is 21.8 Å². The molecule has 2 aromatic carbocycles. The molecule has 0 saturated heterocycles. The molecule has 0 saturated carbocycles. The molecule has 3 heteroatoms. The third-order valence-corrected chi connectivity index (χ3v) is 3.19. The van der Waals surface area contributed by atoms with E-state index in [0.717, 1.165) is 17.7 Å². The van der Waals surface area contributed by atoms with E-state index in [0.29, 0.717) is 0 Å². The zero-order valence-corrected chi connectivity index (χ0v) is 11.0. The standard InChI is InChI=1S/C15H16BNO/c1-17(2)9-10-7-11(16)8-13-12-5-3-4-6-14(12)18-15(10)13/h3-8H,9,16H2,1-2H3. The van der Waals surface area contributed by atoms with E-state index in [2.05, 4.69) is 51.1 Å². The normalized spacial score (nSPS) is 11.7. The molecule has 0 spiro atoms. The summed E-state index contributed by atoms with van der Waals surface area (Å²) in [7, 11) is 6.30. The van der Waals surface area contributed by atoms with Crippen molar-refractivity contribution < 1.29 is 4.42 Å². The smallest absolute Gasteiger partial charge is 0.139 e.